The van der Waals surface area contributed by atoms with Crippen molar-refractivity contribution in [2.24, 2.45) is 0 Å². The summed E-state index contributed by atoms with van der Waals surface area (Å²) in [6.07, 6.45) is 2.75. The van der Waals surface area contributed by atoms with E-state index in [0.29, 0.717) is 83.2 Å². The summed E-state index contributed by atoms with van der Waals surface area (Å²) in [6.45, 7) is 16.2. The number of benzene rings is 6. The summed E-state index contributed by atoms with van der Waals surface area (Å²) in [5.41, 5.74) is 2.44. The minimum Gasteiger partial charge on any atom is -0.497 e. The number of carbonyl (C=O) groups excluding carboxylic acids is 1. The smallest absolute Gasteiger partial charge is 0.497 e. The van der Waals surface area contributed by atoms with Gasteiger partial charge in [0.1, 0.15) is 45.4 Å². The molecule has 6 aromatic rings. The first kappa shape index (κ1) is 47.1. The molecule has 0 spiro atoms. The van der Waals surface area contributed by atoms with E-state index in [4.69, 9.17) is 55.6 Å². The van der Waals surface area contributed by atoms with Crippen LogP contribution >= 0.6 is 17.2 Å². The fraction of sp³-hybridized carbons (Fsp3) is 0.327. The number of rotatable bonds is 16. The first-order valence-corrected chi connectivity index (χ1v) is 25.4. The summed E-state index contributed by atoms with van der Waals surface area (Å²) in [4.78, 5) is 15.3. The van der Waals surface area contributed by atoms with Crippen LogP contribution in [-0.2, 0) is 25.7 Å². The van der Waals surface area contributed by atoms with Crippen LogP contribution in [-0.4, -0.2) is 42.4 Å². The maximum atomic E-state index is 15.3. The van der Waals surface area contributed by atoms with Crippen LogP contribution in [0.15, 0.2) is 109 Å². The van der Waals surface area contributed by atoms with E-state index in [1.165, 1.54) is 14.2 Å². The van der Waals surface area contributed by atoms with Crippen LogP contribution in [0.2, 0.25) is 0 Å². The molecular weight excluding hydrogens is 931 g/mol. The standard InChI is InChI=1S/C55H56O13P2/c1-52(2)29-33-15-11-19-41(48(33)59-52)63-69(64-42-20-12-16-34-30-53(3,4)60-49(34)42)67-45-27-37(57-9)23-25-39(45)47(56)40-26-24-38(58-10)28-46(40)68-70(65-43-21-13-17-35-31-54(5,6)61-50(35)43)66-44-22-14-18-36-32-55(7,8)62-51(36)44/h11-28H,29-32H2,1-10H3. The molecule has 4 aliphatic heterocycles. The molecular formula is C55H56O13P2. The Morgan fingerprint density at radius 1 is 0.400 bits per heavy atom. The molecule has 0 fully saturated rings. The Morgan fingerprint density at radius 3 is 0.943 bits per heavy atom. The van der Waals surface area contributed by atoms with E-state index in [1.54, 1.807) is 36.4 Å². The van der Waals surface area contributed by atoms with E-state index in [9.17, 15) is 0 Å². The second-order valence-electron chi connectivity index (χ2n) is 20.2. The molecule has 0 bridgehead atoms. The van der Waals surface area contributed by atoms with Crippen molar-refractivity contribution in [1.82, 2.24) is 0 Å². The van der Waals surface area contributed by atoms with Crippen LogP contribution in [0, 0.1) is 0 Å². The van der Waals surface area contributed by atoms with Crippen molar-refractivity contribution in [2.75, 3.05) is 14.2 Å². The molecule has 0 amide bonds. The van der Waals surface area contributed by atoms with Crippen molar-refractivity contribution in [3.05, 3.63) is 143 Å². The lowest BCUT2D eigenvalue weighted by Gasteiger charge is -2.24. The van der Waals surface area contributed by atoms with E-state index in [-0.39, 0.29) is 22.6 Å². The van der Waals surface area contributed by atoms with Crippen LogP contribution < -0.4 is 55.6 Å². The fourth-order valence-electron chi connectivity index (χ4n) is 9.16. The van der Waals surface area contributed by atoms with Gasteiger partial charge < -0.3 is 55.6 Å². The largest absolute Gasteiger partial charge is 0.530 e. The monoisotopic (exact) mass is 986 g/mol. The average molecular weight is 987 g/mol. The first-order chi connectivity index (χ1) is 33.3. The summed E-state index contributed by atoms with van der Waals surface area (Å²) in [7, 11) is -1.68. The predicted octanol–water partition coefficient (Wildman–Crippen LogP) is 13.3. The molecule has 13 nitrogen and oxygen atoms in total. The van der Waals surface area contributed by atoms with Crippen molar-refractivity contribution in [3.63, 3.8) is 0 Å². The Balaban J connectivity index is 1.02. The number of ketones is 1. The van der Waals surface area contributed by atoms with Crippen molar-refractivity contribution < 1.29 is 60.4 Å². The van der Waals surface area contributed by atoms with Gasteiger partial charge in [-0.05, 0) is 104 Å². The minimum atomic E-state index is -2.38. The van der Waals surface area contributed by atoms with Gasteiger partial charge in [-0.15, -0.1) is 0 Å². The van der Waals surface area contributed by atoms with Crippen molar-refractivity contribution in [1.29, 1.82) is 0 Å². The van der Waals surface area contributed by atoms with Gasteiger partial charge in [0.15, 0.2) is 46.0 Å². The van der Waals surface area contributed by atoms with Crippen LogP contribution in [0.5, 0.6) is 69.0 Å². The van der Waals surface area contributed by atoms with Gasteiger partial charge in [0.25, 0.3) is 0 Å². The molecule has 0 N–H and O–H groups in total. The molecule has 0 aliphatic carbocycles. The average Bonchev–Trinajstić information content (AvgIpc) is 4.02. The zero-order valence-corrected chi connectivity index (χ0v) is 42.7. The zero-order chi connectivity index (χ0) is 49.2. The van der Waals surface area contributed by atoms with Gasteiger partial charge in [-0.3, -0.25) is 4.79 Å². The van der Waals surface area contributed by atoms with Crippen LogP contribution in [0.4, 0.5) is 0 Å². The van der Waals surface area contributed by atoms with Crippen molar-refractivity contribution in [3.8, 4) is 69.0 Å². The predicted molar refractivity (Wildman–Crippen MR) is 266 cm³/mol. The summed E-state index contributed by atoms with van der Waals surface area (Å²) >= 11 is 0. The molecule has 0 atom stereocenters. The topological polar surface area (TPSA) is 128 Å². The Hall–Kier alpha value is -6.55. The zero-order valence-electron chi connectivity index (χ0n) is 40.9. The molecule has 6 aromatic carbocycles. The van der Waals surface area contributed by atoms with Gasteiger partial charge in [-0.25, -0.2) is 0 Å². The third kappa shape index (κ3) is 9.79. The third-order valence-corrected chi connectivity index (χ3v) is 14.2. The molecule has 10 rings (SSSR count). The molecule has 0 saturated heterocycles. The van der Waals surface area contributed by atoms with Gasteiger partial charge in [0.05, 0.1) is 25.3 Å². The van der Waals surface area contributed by atoms with Gasteiger partial charge in [0.2, 0.25) is 5.78 Å². The van der Waals surface area contributed by atoms with E-state index in [1.807, 2.05) is 128 Å². The molecule has 4 heterocycles. The van der Waals surface area contributed by atoms with Gasteiger partial charge >= 0.3 is 17.2 Å². The molecule has 364 valence electrons. The highest BCUT2D eigenvalue weighted by atomic mass is 31.2. The van der Waals surface area contributed by atoms with E-state index in [0.717, 1.165) is 22.3 Å². The van der Waals surface area contributed by atoms with Gasteiger partial charge in [0, 0.05) is 60.1 Å². The maximum Gasteiger partial charge on any atom is 0.530 e. The number of ether oxygens (including phenoxy) is 6. The summed E-state index contributed by atoms with van der Waals surface area (Å²) < 4.78 is 77.3. The molecule has 15 heteroatoms. The Labute approximate surface area is 411 Å². The summed E-state index contributed by atoms with van der Waals surface area (Å²) in [6, 6.07) is 32.8. The summed E-state index contributed by atoms with van der Waals surface area (Å²) in [5.74, 6) is 4.71. The highest BCUT2D eigenvalue weighted by Crippen LogP contribution is 2.55. The minimum absolute atomic E-state index is 0.119. The molecule has 0 radical (unpaired) electrons. The highest BCUT2D eigenvalue weighted by Gasteiger charge is 2.40. The normalized spacial score (nSPS) is 16.9. The number of fused-ring (bicyclic) bond motifs is 4. The maximum absolute atomic E-state index is 15.3. The SMILES string of the molecule is COc1ccc(C(=O)c2ccc(OC)cc2OP(Oc2cccc3c2OC(C)(C)C3)Oc2cccc3c2OC(C)(C)C3)c(OP(Oc2cccc3c2OC(C)(C)C3)Oc2cccc3c2OC(C)(C)C3)c1. The molecule has 4 aliphatic rings. The fourth-order valence-corrected chi connectivity index (χ4v) is 11.2. The second-order valence-corrected chi connectivity index (χ2v) is 22.2. The van der Waals surface area contributed by atoms with Crippen LogP contribution in [0.25, 0.3) is 0 Å². The third-order valence-electron chi connectivity index (χ3n) is 12.1. The first-order valence-electron chi connectivity index (χ1n) is 23.2. The van der Waals surface area contributed by atoms with Crippen LogP contribution in [0.3, 0.4) is 0 Å². The Morgan fingerprint density at radius 2 is 0.671 bits per heavy atom. The van der Waals surface area contributed by atoms with E-state index >= 15 is 4.79 Å². The number of carbonyl (C=O) groups is 1. The van der Waals surface area contributed by atoms with Crippen LogP contribution in [0.1, 0.15) is 93.6 Å². The van der Waals surface area contributed by atoms with Gasteiger partial charge in [-0.1, -0.05) is 48.5 Å². The molecule has 0 saturated carbocycles. The Bertz CT molecular complexity index is 2660. The van der Waals surface area contributed by atoms with Crippen molar-refractivity contribution in [2.45, 2.75) is 103 Å². The quantitative estimate of drug-likeness (QED) is 0.0675. The number of hydrogen-bond donors (Lipinski definition) is 0. The van der Waals surface area contributed by atoms with Crippen molar-refractivity contribution >= 4 is 23.0 Å². The van der Waals surface area contributed by atoms with E-state index in [2.05, 4.69) is 0 Å². The number of methoxy groups -OCH3 is 2. The Kier molecular flexibility index (Phi) is 12.1. The lowest BCUT2D eigenvalue weighted by atomic mass is 10.0. The summed E-state index contributed by atoms with van der Waals surface area (Å²) in [5, 5.41) is 0. The highest BCUT2D eigenvalue weighted by molar-refractivity contribution is 7.43. The lowest BCUT2D eigenvalue weighted by Crippen LogP contribution is -2.24. The number of hydrogen-bond acceptors (Lipinski definition) is 13. The van der Waals surface area contributed by atoms with E-state index < -0.39 is 45.4 Å². The number of para-hydroxylation sites is 4. The van der Waals surface area contributed by atoms with Gasteiger partial charge in [-0.2, -0.15) is 0 Å². The molecule has 0 aromatic heterocycles. The molecule has 70 heavy (non-hydrogen) atoms. The second kappa shape index (κ2) is 18.0. The molecule has 0 unspecified atom stereocenters. The lowest BCUT2D eigenvalue weighted by molar-refractivity contribution is 0.103.